The van der Waals surface area contributed by atoms with Gasteiger partial charge < -0.3 is 9.84 Å². The van der Waals surface area contributed by atoms with Crippen molar-refractivity contribution in [3.05, 3.63) is 90.5 Å². The Kier molecular flexibility index (Phi) is 10.1. The Bertz CT molecular complexity index is 1700. The molecule has 0 radical (unpaired) electrons. The molecule has 0 spiro atoms. The number of rotatable bonds is 12. The number of halogens is 2. The topological polar surface area (TPSA) is 106 Å². The Labute approximate surface area is 271 Å². The number of aliphatic hydroxyl groups is 1. The maximum absolute atomic E-state index is 13.9. The van der Waals surface area contributed by atoms with Crippen molar-refractivity contribution in [2.75, 3.05) is 11.5 Å². The number of hydrogen-bond donors (Lipinski definition) is 1. The lowest BCUT2D eigenvalue weighted by atomic mass is 9.95. The summed E-state index contributed by atoms with van der Waals surface area (Å²) in [7, 11) is 0. The van der Waals surface area contributed by atoms with E-state index in [1.54, 1.807) is 31.2 Å². The molecule has 4 aromatic rings. The number of amides is 1. The standard InChI is InChI=1S/C30H28Cl2N4O4S3/c1-4-5-6-12-40-21-9-7-8-18(13-21)24-23(25(37)27-16(2)33-17(3)42-27)26(38)28(39)36(24)29-34-35-30(43-29)41-15-19-10-11-20(31)14-22(19)32/h7-11,13-14,24,38H,4-6,12,15H2,1-3H3. The zero-order valence-corrected chi connectivity index (χ0v) is 27.6. The van der Waals surface area contributed by atoms with E-state index in [1.165, 1.54) is 39.3 Å². The molecule has 1 unspecified atom stereocenters. The molecular weight excluding hydrogens is 647 g/mol. The summed E-state index contributed by atoms with van der Waals surface area (Å²) in [5.41, 5.74) is 1.99. The number of Topliss-reactive ketones (excluding diaryl/α,β-unsaturated/α-hetero) is 1. The number of ketones is 1. The van der Waals surface area contributed by atoms with Crippen LogP contribution in [0.3, 0.4) is 0 Å². The molecule has 0 bridgehead atoms. The summed E-state index contributed by atoms with van der Waals surface area (Å²) in [5, 5.41) is 21.8. The number of unbranched alkanes of at least 4 members (excludes halogenated alkanes) is 2. The number of thiazole rings is 1. The van der Waals surface area contributed by atoms with Crippen LogP contribution in [0.2, 0.25) is 10.0 Å². The van der Waals surface area contributed by atoms with E-state index < -0.39 is 23.5 Å². The fourth-order valence-electron chi connectivity index (χ4n) is 4.67. The van der Waals surface area contributed by atoms with Crippen LogP contribution in [0, 0.1) is 13.8 Å². The molecule has 0 saturated heterocycles. The highest BCUT2D eigenvalue weighted by molar-refractivity contribution is 8.00. The van der Waals surface area contributed by atoms with E-state index in [0.29, 0.717) is 53.6 Å². The van der Waals surface area contributed by atoms with Crippen LogP contribution < -0.4 is 9.64 Å². The number of aliphatic hydroxyl groups excluding tert-OH is 1. The normalized spacial score (nSPS) is 15.0. The van der Waals surface area contributed by atoms with Gasteiger partial charge in [-0.05, 0) is 55.7 Å². The van der Waals surface area contributed by atoms with E-state index in [0.717, 1.165) is 24.8 Å². The molecule has 0 saturated carbocycles. The number of aryl methyl sites for hydroxylation is 2. The zero-order chi connectivity index (χ0) is 30.7. The van der Waals surface area contributed by atoms with Crippen molar-refractivity contribution in [2.45, 2.75) is 56.2 Å². The largest absolute Gasteiger partial charge is 0.503 e. The monoisotopic (exact) mass is 674 g/mol. The van der Waals surface area contributed by atoms with Crippen molar-refractivity contribution in [1.82, 2.24) is 15.2 Å². The van der Waals surface area contributed by atoms with Crippen molar-refractivity contribution in [3.8, 4) is 5.75 Å². The van der Waals surface area contributed by atoms with Gasteiger partial charge in [-0.3, -0.25) is 14.5 Å². The number of ether oxygens (including phenoxy) is 1. The summed E-state index contributed by atoms with van der Waals surface area (Å²) < 4.78 is 6.57. The molecule has 5 rings (SSSR count). The third-order valence-electron chi connectivity index (χ3n) is 6.72. The molecular formula is C30H28Cl2N4O4S3. The van der Waals surface area contributed by atoms with Crippen molar-refractivity contribution >= 4 is 74.5 Å². The van der Waals surface area contributed by atoms with Gasteiger partial charge in [-0.2, -0.15) is 0 Å². The van der Waals surface area contributed by atoms with Gasteiger partial charge >= 0.3 is 0 Å². The SMILES string of the molecule is CCCCCOc1cccc(C2C(C(=O)c3sc(C)nc3C)=C(O)C(=O)N2c2nnc(SCc3ccc(Cl)cc3Cl)s2)c1. The van der Waals surface area contributed by atoms with E-state index in [2.05, 4.69) is 22.1 Å². The first-order chi connectivity index (χ1) is 20.7. The summed E-state index contributed by atoms with van der Waals surface area (Å²) in [6.07, 6.45) is 3.04. The lowest BCUT2D eigenvalue weighted by Gasteiger charge is -2.24. The van der Waals surface area contributed by atoms with Gasteiger partial charge in [0.2, 0.25) is 10.9 Å². The molecule has 0 aliphatic carbocycles. The summed E-state index contributed by atoms with van der Waals surface area (Å²) in [5.74, 6) is -0.678. The minimum absolute atomic E-state index is 0.0303. The molecule has 1 amide bonds. The van der Waals surface area contributed by atoms with Crippen molar-refractivity contribution in [3.63, 3.8) is 0 Å². The summed E-state index contributed by atoms with van der Waals surface area (Å²) >= 11 is 16.2. The highest BCUT2D eigenvalue weighted by Gasteiger charge is 2.46. The smallest absolute Gasteiger partial charge is 0.296 e. The third kappa shape index (κ3) is 6.91. The summed E-state index contributed by atoms with van der Waals surface area (Å²) in [6, 6.07) is 11.6. The van der Waals surface area contributed by atoms with E-state index in [1.807, 2.05) is 25.1 Å². The number of benzene rings is 2. The fourth-order valence-corrected chi connectivity index (χ4v) is 7.97. The number of carbonyl (C=O) groups is 2. The Morgan fingerprint density at radius 3 is 2.65 bits per heavy atom. The predicted octanol–water partition coefficient (Wildman–Crippen LogP) is 8.56. The van der Waals surface area contributed by atoms with Crippen LogP contribution in [0.15, 0.2) is 58.1 Å². The highest BCUT2D eigenvalue weighted by Crippen LogP contribution is 2.45. The van der Waals surface area contributed by atoms with E-state index >= 15 is 0 Å². The van der Waals surface area contributed by atoms with Gasteiger partial charge in [-0.1, -0.05) is 84.3 Å². The molecule has 8 nitrogen and oxygen atoms in total. The first-order valence-electron chi connectivity index (χ1n) is 13.6. The number of hydrogen-bond acceptors (Lipinski definition) is 10. The van der Waals surface area contributed by atoms with E-state index in [-0.39, 0.29) is 10.7 Å². The Morgan fingerprint density at radius 1 is 1.12 bits per heavy atom. The van der Waals surface area contributed by atoms with E-state index in [9.17, 15) is 14.7 Å². The first-order valence-corrected chi connectivity index (χ1v) is 16.9. The number of carbonyl (C=O) groups excluding carboxylic acids is 2. The highest BCUT2D eigenvalue weighted by atomic mass is 35.5. The summed E-state index contributed by atoms with van der Waals surface area (Å²) in [6.45, 7) is 6.22. The lowest BCUT2D eigenvalue weighted by molar-refractivity contribution is -0.117. The minimum Gasteiger partial charge on any atom is -0.503 e. The fraction of sp³-hybridized carbons (Fsp3) is 0.300. The van der Waals surface area contributed by atoms with Gasteiger partial charge in [-0.15, -0.1) is 21.5 Å². The predicted molar refractivity (Wildman–Crippen MR) is 173 cm³/mol. The van der Waals surface area contributed by atoms with Gasteiger partial charge in [0.1, 0.15) is 5.75 Å². The molecule has 1 aliphatic heterocycles. The molecule has 2 aromatic carbocycles. The average molecular weight is 676 g/mol. The van der Waals surface area contributed by atoms with Gasteiger partial charge in [0, 0.05) is 15.8 Å². The van der Waals surface area contributed by atoms with Crippen molar-refractivity contribution in [2.24, 2.45) is 0 Å². The number of anilines is 1. The van der Waals surface area contributed by atoms with Crippen LogP contribution in [0.25, 0.3) is 0 Å². The Morgan fingerprint density at radius 2 is 1.93 bits per heavy atom. The van der Waals surface area contributed by atoms with Crippen LogP contribution in [0.5, 0.6) is 5.75 Å². The molecule has 0 fully saturated rings. The second-order valence-corrected chi connectivity index (χ2v) is 14.0. The van der Waals surface area contributed by atoms with Gasteiger partial charge in [-0.25, -0.2) is 4.98 Å². The molecule has 13 heteroatoms. The van der Waals surface area contributed by atoms with Crippen LogP contribution in [0.4, 0.5) is 5.13 Å². The van der Waals surface area contributed by atoms with Gasteiger partial charge in [0.05, 0.1) is 33.8 Å². The maximum atomic E-state index is 13.9. The zero-order valence-electron chi connectivity index (χ0n) is 23.6. The lowest BCUT2D eigenvalue weighted by Crippen LogP contribution is -2.31. The van der Waals surface area contributed by atoms with Crippen LogP contribution in [-0.2, 0) is 10.5 Å². The maximum Gasteiger partial charge on any atom is 0.296 e. The minimum atomic E-state index is -0.947. The number of nitrogens with zero attached hydrogens (tertiary/aromatic N) is 4. The third-order valence-corrected chi connectivity index (χ3v) is 10.5. The summed E-state index contributed by atoms with van der Waals surface area (Å²) in [4.78, 5) is 33.7. The quantitative estimate of drug-likeness (QED) is 0.0689. The van der Waals surface area contributed by atoms with E-state index in [4.69, 9.17) is 27.9 Å². The second kappa shape index (κ2) is 13.8. The average Bonchev–Trinajstić information content (AvgIpc) is 3.66. The first kappa shape index (κ1) is 31.5. The van der Waals surface area contributed by atoms with Crippen LogP contribution >= 0.6 is 57.6 Å². The number of thioether (sulfide) groups is 1. The molecule has 2 aromatic heterocycles. The van der Waals surface area contributed by atoms with Crippen LogP contribution in [0.1, 0.15) is 63.7 Å². The molecule has 1 N–H and O–H groups in total. The molecule has 3 heterocycles. The van der Waals surface area contributed by atoms with Crippen molar-refractivity contribution in [1.29, 1.82) is 0 Å². The molecule has 1 aliphatic rings. The number of aromatic nitrogens is 3. The van der Waals surface area contributed by atoms with Gasteiger partial charge in [0.25, 0.3) is 5.91 Å². The molecule has 43 heavy (non-hydrogen) atoms. The Hall–Kier alpha value is -2.96. The van der Waals surface area contributed by atoms with Crippen molar-refractivity contribution < 1.29 is 19.4 Å². The van der Waals surface area contributed by atoms with Crippen LogP contribution in [-0.4, -0.2) is 38.6 Å². The molecule has 224 valence electrons. The van der Waals surface area contributed by atoms with Gasteiger partial charge in [0.15, 0.2) is 10.1 Å². The second-order valence-electron chi connectivity index (χ2n) is 9.82. The molecule has 1 atom stereocenters. The Balaban J connectivity index is 1.49.